The fourth-order valence-electron chi connectivity index (χ4n) is 2.04. The first kappa shape index (κ1) is 16.1. The van der Waals surface area contributed by atoms with E-state index in [1.54, 1.807) is 0 Å². The van der Waals surface area contributed by atoms with Crippen LogP contribution in [0.4, 0.5) is 17.3 Å². The highest BCUT2D eigenvalue weighted by Crippen LogP contribution is 2.21. The lowest BCUT2D eigenvalue weighted by molar-refractivity contribution is 0.242. The largest absolute Gasteiger partial charge is 0.491 e. The lowest BCUT2D eigenvalue weighted by atomic mass is 10.3. The summed E-state index contributed by atoms with van der Waals surface area (Å²) in [7, 11) is 0. The molecule has 0 bridgehead atoms. The molecular formula is C17H24N4O. The zero-order chi connectivity index (χ0) is 16.1. The molecule has 0 radical (unpaired) electrons. The molecule has 5 heteroatoms. The lowest BCUT2D eigenvalue weighted by Gasteiger charge is -2.13. The highest BCUT2D eigenvalue weighted by Gasteiger charge is 2.04. The Kier molecular flexibility index (Phi) is 5.20. The maximum atomic E-state index is 5.64. The molecule has 2 aromatic rings. The first-order valence-corrected chi connectivity index (χ1v) is 7.58. The zero-order valence-electron chi connectivity index (χ0n) is 13.8. The molecular weight excluding hydrogens is 276 g/mol. The molecule has 1 heterocycles. The van der Waals surface area contributed by atoms with Crippen LogP contribution in [0, 0.1) is 6.92 Å². The maximum Gasteiger partial charge on any atom is 0.136 e. The molecule has 2 N–H and O–H groups in total. The molecule has 0 aliphatic rings. The van der Waals surface area contributed by atoms with Gasteiger partial charge in [-0.3, -0.25) is 0 Å². The van der Waals surface area contributed by atoms with Crippen molar-refractivity contribution in [1.29, 1.82) is 0 Å². The van der Waals surface area contributed by atoms with Crippen LogP contribution in [0.25, 0.3) is 0 Å². The van der Waals surface area contributed by atoms with Crippen LogP contribution in [0.15, 0.2) is 30.3 Å². The predicted octanol–water partition coefficient (Wildman–Crippen LogP) is 4.14. The van der Waals surface area contributed by atoms with Gasteiger partial charge in [-0.05, 0) is 58.9 Å². The molecule has 0 spiro atoms. The summed E-state index contributed by atoms with van der Waals surface area (Å²) in [6.45, 7) is 10.1. The second kappa shape index (κ2) is 7.11. The topological polar surface area (TPSA) is 59.1 Å². The van der Waals surface area contributed by atoms with Gasteiger partial charge in [-0.2, -0.15) is 0 Å². The first-order chi connectivity index (χ1) is 10.4. The Morgan fingerprint density at radius 1 is 0.955 bits per heavy atom. The second-order valence-electron chi connectivity index (χ2n) is 5.80. The summed E-state index contributed by atoms with van der Waals surface area (Å²) in [6.07, 6.45) is 0.174. The fraction of sp³-hybridized carbons (Fsp3) is 0.412. The SMILES string of the molecule is Cc1nc(Nc2ccc(OC(C)C)cc2)cc(NC(C)C)n1. The van der Waals surface area contributed by atoms with Crippen LogP contribution in [0.1, 0.15) is 33.5 Å². The Hall–Kier alpha value is -2.30. The average Bonchev–Trinajstić information content (AvgIpc) is 2.39. The van der Waals surface area contributed by atoms with Crippen molar-refractivity contribution in [2.75, 3.05) is 10.6 Å². The number of nitrogens with one attached hydrogen (secondary N) is 2. The zero-order valence-corrected chi connectivity index (χ0v) is 13.8. The van der Waals surface area contributed by atoms with Gasteiger partial charge in [0.15, 0.2) is 0 Å². The number of rotatable bonds is 6. The number of ether oxygens (including phenoxy) is 1. The van der Waals surface area contributed by atoms with Crippen molar-refractivity contribution in [2.24, 2.45) is 0 Å². The minimum Gasteiger partial charge on any atom is -0.491 e. The van der Waals surface area contributed by atoms with Gasteiger partial charge in [-0.15, -0.1) is 0 Å². The average molecular weight is 300 g/mol. The van der Waals surface area contributed by atoms with Gasteiger partial charge in [-0.25, -0.2) is 9.97 Å². The van der Waals surface area contributed by atoms with Crippen LogP contribution >= 0.6 is 0 Å². The van der Waals surface area contributed by atoms with Gasteiger partial charge in [0.2, 0.25) is 0 Å². The van der Waals surface area contributed by atoms with Crippen LogP contribution in [0.5, 0.6) is 5.75 Å². The van der Waals surface area contributed by atoms with E-state index in [1.165, 1.54) is 0 Å². The molecule has 0 fully saturated rings. The summed E-state index contributed by atoms with van der Waals surface area (Å²) in [5.74, 6) is 3.19. The maximum absolute atomic E-state index is 5.64. The second-order valence-corrected chi connectivity index (χ2v) is 5.80. The summed E-state index contributed by atoms with van der Waals surface area (Å²) in [4.78, 5) is 8.79. The van der Waals surface area contributed by atoms with E-state index in [2.05, 4.69) is 34.4 Å². The van der Waals surface area contributed by atoms with Crippen molar-refractivity contribution in [2.45, 2.75) is 46.8 Å². The molecule has 5 nitrogen and oxygen atoms in total. The summed E-state index contributed by atoms with van der Waals surface area (Å²) in [5, 5.41) is 6.58. The first-order valence-electron chi connectivity index (χ1n) is 7.58. The normalized spacial score (nSPS) is 10.9. The molecule has 0 saturated heterocycles. The van der Waals surface area contributed by atoms with E-state index in [0.29, 0.717) is 6.04 Å². The van der Waals surface area contributed by atoms with Gasteiger partial charge in [0.05, 0.1) is 6.10 Å². The molecule has 0 unspecified atom stereocenters. The number of hydrogen-bond acceptors (Lipinski definition) is 5. The van der Waals surface area contributed by atoms with Crippen molar-refractivity contribution in [3.63, 3.8) is 0 Å². The van der Waals surface area contributed by atoms with Crippen LogP contribution in [-0.2, 0) is 0 Å². The summed E-state index contributed by atoms with van der Waals surface area (Å²) in [5.41, 5.74) is 0.963. The third-order valence-corrected chi connectivity index (χ3v) is 2.77. The van der Waals surface area contributed by atoms with Crippen molar-refractivity contribution in [3.05, 3.63) is 36.2 Å². The van der Waals surface area contributed by atoms with Gasteiger partial charge >= 0.3 is 0 Å². The molecule has 1 aromatic carbocycles. The monoisotopic (exact) mass is 300 g/mol. The van der Waals surface area contributed by atoms with Crippen molar-refractivity contribution >= 4 is 17.3 Å². The van der Waals surface area contributed by atoms with Gasteiger partial charge in [0.25, 0.3) is 0 Å². The number of anilines is 3. The predicted molar refractivity (Wildman–Crippen MR) is 91.0 cm³/mol. The lowest BCUT2D eigenvalue weighted by Crippen LogP contribution is -2.12. The summed E-state index contributed by atoms with van der Waals surface area (Å²) in [6, 6.07) is 10.1. The quantitative estimate of drug-likeness (QED) is 0.839. The molecule has 1 aromatic heterocycles. The minimum atomic E-state index is 0.174. The Labute approximate surface area is 132 Å². The van der Waals surface area contributed by atoms with Crippen molar-refractivity contribution in [3.8, 4) is 5.75 Å². The highest BCUT2D eigenvalue weighted by molar-refractivity contribution is 5.60. The number of nitrogens with zero attached hydrogens (tertiary/aromatic N) is 2. The Morgan fingerprint density at radius 3 is 2.18 bits per heavy atom. The van der Waals surface area contributed by atoms with E-state index in [9.17, 15) is 0 Å². The van der Waals surface area contributed by atoms with E-state index < -0.39 is 0 Å². The molecule has 0 atom stereocenters. The van der Waals surface area contributed by atoms with Crippen LogP contribution < -0.4 is 15.4 Å². The van der Waals surface area contributed by atoms with E-state index in [0.717, 1.165) is 28.9 Å². The van der Waals surface area contributed by atoms with E-state index in [4.69, 9.17) is 4.74 Å². The van der Waals surface area contributed by atoms with Gasteiger partial charge in [-0.1, -0.05) is 0 Å². The Morgan fingerprint density at radius 2 is 1.59 bits per heavy atom. The molecule has 118 valence electrons. The van der Waals surface area contributed by atoms with Crippen LogP contribution in [0.2, 0.25) is 0 Å². The van der Waals surface area contributed by atoms with Crippen LogP contribution in [0.3, 0.4) is 0 Å². The van der Waals surface area contributed by atoms with Gasteiger partial charge in [0, 0.05) is 17.8 Å². The number of aromatic nitrogens is 2. The number of hydrogen-bond donors (Lipinski definition) is 2. The van der Waals surface area contributed by atoms with Crippen molar-refractivity contribution in [1.82, 2.24) is 9.97 Å². The third kappa shape index (κ3) is 4.91. The van der Waals surface area contributed by atoms with E-state index >= 15 is 0 Å². The highest BCUT2D eigenvalue weighted by atomic mass is 16.5. The van der Waals surface area contributed by atoms with E-state index in [-0.39, 0.29) is 6.10 Å². The third-order valence-electron chi connectivity index (χ3n) is 2.77. The van der Waals surface area contributed by atoms with Crippen LogP contribution in [-0.4, -0.2) is 22.1 Å². The van der Waals surface area contributed by atoms with Crippen molar-refractivity contribution < 1.29 is 4.74 Å². The minimum absolute atomic E-state index is 0.174. The molecule has 2 rings (SSSR count). The number of aryl methyl sites for hydroxylation is 1. The van der Waals surface area contributed by atoms with E-state index in [1.807, 2.05) is 51.1 Å². The summed E-state index contributed by atoms with van der Waals surface area (Å²) < 4.78 is 5.64. The van der Waals surface area contributed by atoms with Gasteiger partial charge in [0.1, 0.15) is 23.2 Å². The summed E-state index contributed by atoms with van der Waals surface area (Å²) >= 11 is 0. The Bertz CT molecular complexity index is 609. The van der Waals surface area contributed by atoms with Gasteiger partial charge < -0.3 is 15.4 Å². The number of benzene rings is 1. The molecule has 0 aliphatic heterocycles. The molecule has 0 saturated carbocycles. The Balaban J connectivity index is 2.11. The standard InChI is InChI=1S/C17H24N4O/c1-11(2)18-16-10-17(20-13(5)19-16)21-14-6-8-15(9-7-14)22-12(3)4/h6-12H,1-5H3,(H2,18,19,20,21). The molecule has 22 heavy (non-hydrogen) atoms. The molecule has 0 amide bonds. The molecule has 0 aliphatic carbocycles. The smallest absolute Gasteiger partial charge is 0.136 e. The fourth-order valence-corrected chi connectivity index (χ4v) is 2.04.